The molecule has 0 spiro atoms. The molecule has 0 aliphatic carbocycles. The molecule has 0 fully saturated rings. The molecular formula is C15H10ClN3SSe. The van der Waals surface area contributed by atoms with Crippen LogP contribution in [0, 0.1) is 0 Å². The van der Waals surface area contributed by atoms with Gasteiger partial charge in [0.1, 0.15) is 0 Å². The van der Waals surface area contributed by atoms with Crippen LogP contribution in [0.1, 0.15) is 4.88 Å². The van der Waals surface area contributed by atoms with Crippen molar-refractivity contribution in [3.05, 3.63) is 52.4 Å². The zero-order chi connectivity index (χ0) is 14.2. The Hall–Kier alpha value is -1.39. The number of benzene rings is 2. The molecule has 2 aromatic heterocycles. The number of nitrogens with zero attached hydrogens (tertiary/aromatic N) is 2. The second-order valence-electron chi connectivity index (χ2n) is 4.63. The van der Waals surface area contributed by atoms with E-state index in [9.17, 15) is 0 Å². The summed E-state index contributed by atoms with van der Waals surface area (Å²) in [6, 6.07) is 14.3. The zero-order valence-corrected chi connectivity index (χ0v) is 14.1. The predicted molar refractivity (Wildman–Crippen MR) is 90.6 cm³/mol. The Bertz CT molecular complexity index is 931. The van der Waals surface area contributed by atoms with Gasteiger partial charge < -0.3 is 0 Å². The normalized spacial score (nSPS) is 11.3. The second-order valence-corrected chi connectivity index (χ2v) is 7.25. The van der Waals surface area contributed by atoms with Crippen LogP contribution in [0.3, 0.4) is 0 Å². The van der Waals surface area contributed by atoms with Crippen LogP contribution in [0.15, 0.2) is 42.5 Å². The molecule has 6 heteroatoms. The van der Waals surface area contributed by atoms with E-state index in [1.165, 1.54) is 4.70 Å². The van der Waals surface area contributed by atoms with Gasteiger partial charge in [-0.05, 0) is 0 Å². The molecule has 21 heavy (non-hydrogen) atoms. The fourth-order valence-corrected chi connectivity index (χ4v) is 4.90. The van der Waals surface area contributed by atoms with Gasteiger partial charge >= 0.3 is 137 Å². The van der Waals surface area contributed by atoms with Crippen molar-refractivity contribution in [1.29, 1.82) is 0 Å². The van der Waals surface area contributed by atoms with Crippen LogP contribution in [-0.2, 0) is 6.54 Å². The van der Waals surface area contributed by atoms with Crippen LogP contribution in [-0.4, -0.2) is 22.9 Å². The van der Waals surface area contributed by atoms with Crippen molar-refractivity contribution in [3.63, 3.8) is 0 Å². The molecule has 2 aromatic carbocycles. The van der Waals surface area contributed by atoms with Crippen molar-refractivity contribution in [1.82, 2.24) is 7.96 Å². The number of rotatable bonds is 3. The summed E-state index contributed by atoms with van der Waals surface area (Å²) in [5.41, 5.74) is 3.00. The van der Waals surface area contributed by atoms with E-state index >= 15 is 0 Å². The van der Waals surface area contributed by atoms with Gasteiger partial charge in [-0.1, -0.05) is 0 Å². The molecule has 1 N–H and O–H groups in total. The maximum absolute atomic E-state index is 6.47. The van der Waals surface area contributed by atoms with Crippen LogP contribution in [0.5, 0.6) is 0 Å². The molecule has 0 atom stereocenters. The van der Waals surface area contributed by atoms with Gasteiger partial charge in [-0.15, -0.1) is 0 Å². The van der Waals surface area contributed by atoms with E-state index in [0.717, 1.165) is 32.0 Å². The summed E-state index contributed by atoms with van der Waals surface area (Å²) in [5.74, 6) is 0. The first-order valence-electron chi connectivity index (χ1n) is 6.44. The van der Waals surface area contributed by atoms with E-state index in [1.54, 1.807) is 11.3 Å². The van der Waals surface area contributed by atoms with Crippen LogP contribution >= 0.6 is 22.9 Å². The quantitative estimate of drug-likeness (QED) is 0.544. The van der Waals surface area contributed by atoms with Gasteiger partial charge in [-0.3, -0.25) is 0 Å². The third-order valence-electron chi connectivity index (χ3n) is 3.33. The summed E-state index contributed by atoms with van der Waals surface area (Å²) in [4.78, 5) is 1.15. The van der Waals surface area contributed by atoms with Crippen molar-refractivity contribution in [2.45, 2.75) is 6.54 Å². The number of anilines is 1. The predicted octanol–water partition coefficient (Wildman–Crippen LogP) is 4.17. The fourth-order valence-electron chi connectivity index (χ4n) is 2.30. The summed E-state index contributed by atoms with van der Waals surface area (Å²) >= 11 is 8.20. The molecule has 0 aliphatic rings. The van der Waals surface area contributed by atoms with Crippen molar-refractivity contribution in [3.8, 4) is 0 Å². The first kappa shape index (κ1) is 13.3. The Morgan fingerprint density at radius 3 is 2.90 bits per heavy atom. The number of halogens is 1. The van der Waals surface area contributed by atoms with Crippen LogP contribution < -0.4 is 5.32 Å². The molecule has 0 radical (unpaired) electrons. The molecular weight excluding hydrogens is 369 g/mol. The SMILES string of the molecule is Clc1c(CNc2cccc3n[se]nc23)sc2ccccc12. The molecule has 0 aliphatic heterocycles. The topological polar surface area (TPSA) is 37.8 Å². The van der Waals surface area contributed by atoms with Crippen LogP contribution in [0.2, 0.25) is 5.02 Å². The average Bonchev–Trinajstić information content (AvgIpc) is 3.11. The minimum absolute atomic E-state index is 0.00459. The van der Waals surface area contributed by atoms with Gasteiger partial charge in [0.25, 0.3) is 0 Å². The minimum atomic E-state index is -0.00459. The summed E-state index contributed by atoms with van der Waals surface area (Å²) in [6.07, 6.45) is 0. The Labute approximate surface area is 136 Å². The molecule has 4 aromatic rings. The standard InChI is InChI=1S/C15H10ClN3SSe/c16-14-9-4-1-2-7-12(9)20-13(14)8-17-10-5-3-6-11-15(10)19-21-18-11/h1-7,17H,8H2. The average molecular weight is 379 g/mol. The Balaban J connectivity index is 1.66. The van der Waals surface area contributed by atoms with E-state index in [-0.39, 0.29) is 15.0 Å². The number of hydrogen-bond donors (Lipinski definition) is 1. The summed E-state index contributed by atoms with van der Waals surface area (Å²) in [5, 5.41) is 5.42. The Morgan fingerprint density at radius 2 is 2.00 bits per heavy atom. The number of hydrogen-bond acceptors (Lipinski definition) is 4. The molecule has 0 unspecified atom stereocenters. The monoisotopic (exact) mass is 379 g/mol. The fraction of sp³-hybridized carbons (Fsp3) is 0.0667. The number of nitrogens with one attached hydrogen (secondary N) is 1. The van der Waals surface area contributed by atoms with E-state index in [2.05, 4.69) is 25.4 Å². The van der Waals surface area contributed by atoms with Crippen molar-refractivity contribution < 1.29 is 0 Å². The Kier molecular flexibility index (Phi) is 3.43. The first-order chi connectivity index (χ1) is 10.3. The van der Waals surface area contributed by atoms with Gasteiger partial charge in [0.05, 0.1) is 0 Å². The molecule has 0 saturated heterocycles. The summed E-state index contributed by atoms with van der Waals surface area (Å²) in [7, 11) is 0. The first-order valence-corrected chi connectivity index (χ1v) is 9.16. The number of fused-ring (bicyclic) bond motifs is 2. The van der Waals surface area contributed by atoms with Crippen LogP contribution in [0.25, 0.3) is 21.1 Å². The van der Waals surface area contributed by atoms with Gasteiger partial charge in [-0.2, -0.15) is 0 Å². The molecule has 3 nitrogen and oxygen atoms in total. The Morgan fingerprint density at radius 1 is 1.10 bits per heavy atom. The maximum atomic E-state index is 6.47. The molecule has 0 amide bonds. The number of aromatic nitrogens is 2. The summed E-state index contributed by atoms with van der Waals surface area (Å²) < 4.78 is 10.1. The van der Waals surface area contributed by atoms with Gasteiger partial charge in [0.15, 0.2) is 0 Å². The van der Waals surface area contributed by atoms with E-state index in [4.69, 9.17) is 11.6 Å². The van der Waals surface area contributed by atoms with E-state index in [1.807, 2.05) is 30.3 Å². The van der Waals surface area contributed by atoms with Gasteiger partial charge in [0, 0.05) is 0 Å². The van der Waals surface area contributed by atoms with E-state index < -0.39 is 0 Å². The van der Waals surface area contributed by atoms with Crippen molar-refractivity contribution in [2.75, 3.05) is 5.32 Å². The third kappa shape index (κ3) is 2.36. The van der Waals surface area contributed by atoms with Gasteiger partial charge in [-0.25, -0.2) is 0 Å². The van der Waals surface area contributed by atoms with Crippen LogP contribution in [0.4, 0.5) is 5.69 Å². The third-order valence-corrected chi connectivity index (χ3v) is 6.18. The molecule has 104 valence electrons. The van der Waals surface area contributed by atoms with Crippen molar-refractivity contribution in [2.24, 2.45) is 0 Å². The summed E-state index contributed by atoms with van der Waals surface area (Å²) in [6.45, 7) is 0.706. The number of thiophene rings is 1. The van der Waals surface area contributed by atoms with Gasteiger partial charge in [0.2, 0.25) is 0 Å². The zero-order valence-electron chi connectivity index (χ0n) is 10.8. The molecule has 0 saturated carbocycles. The molecule has 0 bridgehead atoms. The van der Waals surface area contributed by atoms with E-state index in [0.29, 0.717) is 6.54 Å². The molecule has 2 heterocycles. The van der Waals surface area contributed by atoms with Crippen molar-refractivity contribution >= 4 is 64.7 Å². The second kappa shape index (κ2) is 5.43. The molecule has 4 rings (SSSR count).